The Morgan fingerprint density at radius 3 is 2.52 bits per heavy atom. The zero-order valence-corrected chi connectivity index (χ0v) is 16.5. The molecule has 2 aromatic carbocycles. The number of nitrogens with one attached hydrogen (secondary N) is 3. The van der Waals surface area contributed by atoms with Gasteiger partial charge in [-0.05, 0) is 42.8 Å². The lowest BCUT2D eigenvalue weighted by molar-refractivity contribution is -0.139. The summed E-state index contributed by atoms with van der Waals surface area (Å²) in [4.78, 5) is 35.1. The number of hydrazone groups is 1. The van der Waals surface area contributed by atoms with Gasteiger partial charge in [-0.3, -0.25) is 14.4 Å². The van der Waals surface area contributed by atoms with Crippen LogP contribution in [0.2, 0.25) is 5.02 Å². The maximum absolute atomic E-state index is 12.0. The maximum Gasteiger partial charge on any atom is 0.329 e. The predicted molar refractivity (Wildman–Crippen MR) is 111 cm³/mol. The van der Waals surface area contributed by atoms with Gasteiger partial charge in [0.25, 0.3) is 5.91 Å². The molecule has 0 aliphatic carbocycles. The van der Waals surface area contributed by atoms with E-state index >= 15 is 0 Å². The van der Waals surface area contributed by atoms with Crippen molar-refractivity contribution in [2.75, 3.05) is 18.5 Å². The number of benzene rings is 2. The SMILES string of the molecule is CCCNC(=O)C(=O)N/N=C\c1ccccc1OCC(=O)Nc1ccc(Cl)cc1. The van der Waals surface area contributed by atoms with Gasteiger partial charge in [0.05, 0.1) is 6.21 Å². The van der Waals surface area contributed by atoms with Crippen LogP contribution in [0.1, 0.15) is 18.9 Å². The Labute approximate surface area is 173 Å². The quantitative estimate of drug-likeness (QED) is 0.348. The van der Waals surface area contributed by atoms with Crippen LogP contribution in [-0.2, 0) is 14.4 Å². The summed E-state index contributed by atoms with van der Waals surface area (Å²) in [5.41, 5.74) is 3.27. The van der Waals surface area contributed by atoms with Gasteiger partial charge < -0.3 is 15.4 Å². The topological polar surface area (TPSA) is 109 Å². The first-order valence-electron chi connectivity index (χ1n) is 8.88. The van der Waals surface area contributed by atoms with Crippen molar-refractivity contribution in [1.29, 1.82) is 0 Å². The van der Waals surface area contributed by atoms with Gasteiger partial charge in [-0.25, -0.2) is 5.43 Å². The molecule has 3 amide bonds. The normalized spacial score (nSPS) is 10.4. The number of hydrogen-bond donors (Lipinski definition) is 3. The zero-order chi connectivity index (χ0) is 21.1. The van der Waals surface area contributed by atoms with Gasteiger partial charge in [0.15, 0.2) is 6.61 Å². The second kappa shape index (κ2) is 11.5. The van der Waals surface area contributed by atoms with E-state index in [1.807, 2.05) is 6.92 Å². The average molecular weight is 417 g/mol. The van der Waals surface area contributed by atoms with Crippen molar-refractivity contribution in [1.82, 2.24) is 10.7 Å². The number of anilines is 1. The van der Waals surface area contributed by atoms with E-state index in [-0.39, 0.29) is 12.5 Å². The molecule has 0 heterocycles. The molecule has 0 spiro atoms. The van der Waals surface area contributed by atoms with E-state index in [0.29, 0.717) is 28.6 Å². The highest BCUT2D eigenvalue weighted by atomic mass is 35.5. The molecule has 0 bridgehead atoms. The molecule has 152 valence electrons. The summed E-state index contributed by atoms with van der Waals surface area (Å²) in [5.74, 6) is -1.57. The first-order valence-corrected chi connectivity index (χ1v) is 9.26. The van der Waals surface area contributed by atoms with Crippen LogP contribution in [0.25, 0.3) is 0 Å². The van der Waals surface area contributed by atoms with Gasteiger partial charge >= 0.3 is 11.8 Å². The van der Waals surface area contributed by atoms with Crippen LogP contribution in [0.3, 0.4) is 0 Å². The van der Waals surface area contributed by atoms with Crippen molar-refractivity contribution >= 4 is 41.2 Å². The highest BCUT2D eigenvalue weighted by Crippen LogP contribution is 2.16. The highest BCUT2D eigenvalue weighted by Gasteiger charge is 2.11. The van der Waals surface area contributed by atoms with Gasteiger partial charge in [-0.15, -0.1) is 0 Å². The third kappa shape index (κ3) is 7.63. The number of para-hydroxylation sites is 1. The molecule has 0 aliphatic heterocycles. The number of nitrogens with zero attached hydrogens (tertiary/aromatic N) is 1. The summed E-state index contributed by atoms with van der Waals surface area (Å²) < 4.78 is 5.53. The van der Waals surface area contributed by atoms with Gasteiger partial charge in [0, 0.05) is 22.8 Å². The zero-order valence-electron chi connectivity index (χ0n) is 15.8. The Hall–Kier alpha value is -3.39. The van der Waals surface area contributed by atoms with Crippen LogP contribution >= 0.6 is 11.6 Å². The number of ether oxygens (including phenoxy) is 1. The molecule has 8 nitrogen and oxygen atoms in total. The number of halogens is 1. The smallest absolute Gasteiger partial charge is 0.329 e. The Morgan fingerprint density at radius 2 is 1.79 bits per heavy atom. The van der Waals surface area contributed by atoms with E-state index in [4.69, 9.17) is 16.3 Å². The first kappa shape index (κ1) is 21.9. The van der Waals surface area contributed by atoms with Crippen molar-refractivity contribution < 1.29 is 19.1 Å². The third-order valence-electron chi connectivity index (χ3n) is 3.52. The summed E-state index contributed by atoms with van der Waals surface area (Å²) >= 11 is 5.81. The molecule has 2 rings (SSSR count). The standard InChI is InChI=1S/C20H21ClN4O4/c1-2-11-22-19(27)20(28)25-23-12-14-5-3-4-6-17(14)29-13-18(26)24-16-9-7-15(21)8-10-16/h3-10,12H,2,11,13H2,1H3,(H,22,27)(H,24,26)(H,25,28)/b23-12-. The van der Waals surface area contributed by atoms with E-state index < -0.39 is 11.8 Å². The van der Waals surface area contributed by atoms with E-state index in [9.17, 15) is 14.4 Å². The average Bonchev–Trinajstić information content (AvgIpc) is 2.72. The van der Waals surface area contributed by atoms with Gasteiger partial charge in [0.2, 0.25) is 0 Å². The molecule has 29 heavy (non-hydrogen) atoms. The minimum Gasteiger partial charge on any atom is -0.483 e. The van der Waals surface area contributed by atoms with Crippen LogP contribution in [0, 0.1) is 0 Å². The second-order valence-electron chi connectivity index (χ2n) is 5.84. The monoisotopic (exact) mass is 416 g/mol. The largest absolute Gasteiger partial charge is 0.483 e. The van der Waals surface area contributed by atoms with Crippen LogP contribution in [0.5, 0.6) is 5.75 Å². The molecule has 0 fully saturated rings. The van der Waals surface area contributed by atoms with E-state index in [1.165, 1.54) is 6.21 Å². The molecule has 0 radical (unpaired) electrons. The van der Waals surface area contributed by atoms with Crippen molar-refractivity contribution in [3.63, 3.8) is 0 Å². The van der Waals surface area contributed by atoms with Gasteiger partial charge in [0.1, 0.15) is 5.75 Å². The molecule has 0 saturated carbocycles. The fourth-order valence-corrected chi connectivity index (χ4v) is 2.25. The van der Waals surface area contributed by atoms with Crippen LogP contribution < -0.4 is 20.8 Å². The molecule has 2 aromatic rings. The van der Waals surface area contributed by atoms with Crippen molar-refractivity contribution in [3.8, 4) is 5.75 Å². The van der Waals surface area contributed by atoms with Crippen LogP contribution in [0.4, 0.5) is 5.69 Å². The summed E-state index contributed by atoms with van der Waals surface area (Å²) in [5, 5.41) is 9.46. The molecule has 0 saturated heterocycles. The van der Waals surface area contributed by atoms with Crippen molar-refractivity contribution in [2.45, 2.75) is 13.3 Å². The Kier molecular flexibility index (Phi) is 8.65. The molecule has 0 aromatic heterocycles. The minimum atomic E-state index is -0.865. The van der Waals surface area contributed by atoms with E-state index in [2.05, 4.69) is 21.2 Å². The fourth-order valence-electron chi connectivity index (χ4n) is 2.12. The lowest BCUT2D eigenvalue weighted by atomic mass is 10.2. The summed E-state index contributed by atoms with van der Waals surface area (Å²) in [6.45, 7) is 2.06. The molecule has 0 atom stereocenters. The Bertz CT molecular complexity index is 884. The van der Waals surface area contributed by atoms with Crippen molar-refractivity contribution in [2.24, 2.45) is 5.10 Å². The van der Waals surface area contributed by atoms with Crippen LogP contribution in [0.15, 0.2) is 53.6 Å². The maximum atomic E-state index is 12.0. The van der Waals surface area contributed by atoms with E-state index in [0.717, 1.165) is 6.42 Å². The second-order valence-corrected chi connectivity index (χ2v) is 6.27. The van der Waals surface area contributed by atoms with Gasteiger partial charge in [-0.2, -0.15) is 5.10 Å². The number of carbonyl (C=O) groups is 3. The highest BCUT2D eigenvalue weighted by molar-refractivity contribution is 6.35. The molecular weight excluding hydrogens is 396 g/mol. The lowest BCUT2D eigenvalue weighted by Crippen LogP contribution is -2.38. The Morgan fingerprint density at radius 1 is 1.07 bits per heavy atom. The summed E-state index contributed by atoms with van der Waals surface area (Å²) in [7, 11) is 0. The summed E-state index contributed by atoms with van der Waals surface area (Å²) in [6.07, 6.45) is 2.05. The predicted octanol–water partition coefficient (Wildman–Crippen LogP) is 2.33. The van der Waals surface area contributed by atoms with Crippen molar-refractivity contribution in [3.05, 3.63) is 59.1 Å². The molecule has 9 heteroatoms. The third-order valence-corrected chi connectivity index (χ3v) is 3.77. The molecular formula is C20H21ClN4O4. The minimum absolute atomic E-state index is 0.223. The Balaban J connectivity index is 1.89. The van der Waals surface area contributed by atoms with Crippen LogP contribution in [-0.4, -0.2) is 37.1 Å². The molecule has 3 N–H and O–H groups in total. The number of rotatable bonds is 8. The number of amides is 3. The molecule has 0 unspecified atom stereocenters. The van der Waals surface area contributed by atoms with E-state index in [1.54, 1.807) is 48.5 Å². The fraction of sp³-hybridized carbons (Fsp3) is 0.200. The number of hydrogen-bond acceptors (Lipinski definition) is 5. The number of carbonyl (C=O) groups excluding carboxylic acids is 3. The first-order chi connectivity index (χ1) is 14.0. The van der Waals surface area contributed by atoms with Gasteiger partial charge in [-0.1, -0.05) is 30.7 Å². The molecule has 0 aliphatic rings. The summed E-state index contributed by atoms with van der Waals surface area (Å²) in [6, 6.07) is 13.5. The lowest BCUT2D eigenvalue weighted by Gasteiger charge is -2.09.